The van der Waals surface area contributed by atoms with Gasteiger partial charge in [0.05, 0.1) is 24.3 Å². The lowest BCUT2D eigenvalue weighted by molar-refractivity contribution is -0.137. The highest BCUT2D eigenvalue weighted by Gasteiger charge is 2.30. The largest absolute Gasteiger partial charge is 1.00 e. The number of rotatable bonds is 3. The molecule has 2 heterocycles. The number of halogens is 4. The lowest BCUT2D eigenvalue weighted by Gasteiger charge is -2.29. The zero-order valence-electron chi connectivity index (χ0n) is 13.6. The Kier molecular flexibility index (Phi) is 6.44. The molecule has 3 rings (SSSR count). The maximum atomic E-state index is 12.8. The zero-order chi connectivity index (χ0) is 17.9. The normalized spacial score (nSPS) is 14.5. The fourth-order valence-electron chi connectivity index (χ4n) is 2.57. The molecule has 1 amide bonds. The molecule has 1 N–H and O–H groups in total. The van der Waals surface area contributed by atoms with Gasteiger partial charge in [-0.05, 0) is 30.3 Å². The summed E-state index contributed by atoms with van der Waals surface area (Å²) < 4.78 is 43.7. The molecule has 1 aromatic heterocycles. The molecule has 9 heteroatoms. The van der Waals surface area contributed by atoms with E-state index in [9.17, 15) is 18.0 Å². The van der Waals surface area contributed by atoms with Crippen LogP contribution in [0.5, 0.6) is 0 Å². The number of hydrogen-bond donors (Lipinski definition) is 1. The van der Waals surface area contributed by atoms with E-state index >= 15 is 0 Å². The summed E-state index contributed by atoms with van der Waals surface area (Å²) in [5.74, 6) is -0.0100. The number of ether oxygens (including phenoxy) is 1. The predicted molar refractivity (Wildman–Crippen MR) is 86.7 cm³/mol. The third kappa shape index (κ3) is 4.64. The van der Waals surface area contributed by atoms with Crippen molar-refractivity contribution in [2.75, 3.05) is 36.5 Å². The Labute approximate surface area is 154 Å². The number of amides is 1. The van der Waals surface area contributed by atoms with Gasteiger partial charge >= 0.3 is 6.18 Å². The smallest absolute Gasteiger partial charge is 0.416 e. The van der Waals surface area contributed by atoms with Gasteiger partial charge in [0.25, 0.3) is 5.91 Å². The van der Waals surface area contributed by atoms with Crippen LogP contribution in [-0.4, -0.2) is 37.2 Å². The van der Waals surface area contributed by atoms with E-state index in [1.807, 2.05) is 4.90 Å². The highest BCUT2D eigenvalue weighted by atomic mass is 35.5. The predicted octanol–water partition coefficient (Wildman–Crippen LogP) is 0.193. The van der Waals surface area contributed by atoms with Crippen LogP contribution >= 0.6 is 0 Å². The summed E-state index contributed by atoms with van der Waals surface area (Å²) in [6, 6.07) is 7.75. The summed E-state index contributed by atoms with van der Waals surface area (Å²) >= 11 is 0. The maximum Gasteiger partial charge on any atom is 0.416 e. The lowest BCUT2D eigenvalue weighted by Crippen LogP contribution is -3.00. The molecule has 26 heavy (non-hydrogen) atoms. The molecular formula is C17H16ClF3N3O2-. The van der Waals surface area contributed by atoms with E-state index < -0.39 is 17.6 Å². The van der Waals surface area contributed by atoms with Gasteiger partial charge in [0.1, 0.15) is 5.82 Å². The molecule has 1 aliphatic rings. The van der Waals surface area contributed by atoms with Crippen molar-refractivity contribution in [2.24, 2.45) is 0 Å². The summed E-state index contributed by atoms with van der Waals surface area (Å²) in [7, 11) is 0. The van der Waals surface area contributed by atoms with Gasteiger partial charge in [0, 0.05) is 25.0 Å². The van der Waals surface area contributed by atoms with E-state index in [0.29, 0.717) is 37.7 Å². The van der Waals surface area contributed by atoms with Gasteiger partial charge in [0.15, 0.2) is 0 Å². The summed E-state index contributed by atoms with van der Waals surface area (Å²) in [4.78, 5) is 18.7. The van der Waals surface area contributed by atoms with E-state index in [-0.39, 0.29) is 18.1 Å². The van der Waals surface area contributed by atoms with Crippen LogP contribution in [0.25, 0.3) is 0 Å². The van der Waals surface area contributed by atoms with Crippen LogP contribution in [0, 0.1) is 0 Å². The Morgan fingerprint density at radius 3 is 2.58 bits per heavy atom. The molecule has 0 spiro atoms. The fourth-order valence-corrected chi connectivity index (χ4v) is 2.57. The van der Waals surface area contributed by atoms with Gasteiger partial charge in [-0.15, -0.1) is 0 Å². The third-order valence-corrected chi connectivity index (χ3v) is 3.79. The van der Waals surface area contributed by atoms with E-state index in [4.69, 9.17) is 4.74 Å². The molecule has 0 atom stereocenters. The van der Waals surface area contributed by atoms with Gasteiger partial charge < -0.3 is 27.4 Å². The Morgan fingerprint density at radius 1 is 1.15 bits per heavy atom. The monoisotopic (exact) mass is 386 g/mol. The topological polar surface area (TPSA) is 54.5 Å². The minimum absolute atomic E-state index is 0. The lowest BCUT2D eigenvalue weighted by atomic mass is 10.1. The molecule has 0 unspecified atom stereocenters. The van der Waals surface area contributed by atoms with Gasteiger partial charge in [-0.2, -0.15) is 13.2 Å². The number of aromatic nitrogens is 1. The van der Waals surface area contributed by atoms with E-state index in [1.54, 1.807) is 18.3 Å². The number of benzene rings is 1. The second kappa shape index (κ2) is 8.37. The van der Waals surface area contributed by atoms with Crippen molar-refractivity contribution in [3.63, 3.8) is 0 Å². The van der Waals surface area contributed by atoms with Gasteiger partial charge in [-0.25, -0.2) is 4.98 Å². The number of alkyl halides is 3. The molecule has 1 aliphatic heterocycles. The van der Waals surface area contributed by atoms with Crippen molar-refractivity contribution < 1.29 is 35.1 Å². The number of nitrogens with zero attached hydrogens (tertiary/aromatic N) is 2. The summed E-state index contributed by atoms with van der Waals surface area (Å²) in [5.41, 5.74) is -0.427. The van der Waals surface area contributed by atoms with Crippen LogP contribution in [0.15, 0.2) is 42.6 Å². The first-order chi connectivity index (χ1) is 11.9. The molecule has 0 bridgehead atoms. The Balaban J connectivity index is 0.00000243. The van der Waals surface area contributed by atoms with Crippen LogP contribution in [0.4, 0.5) is 24.7 Å². The number of morpholine rings is 1. The first-order valence-corrected chi connectivity index (χ1v) is 7.71. The number of nitrogens with one attached hydrogen (secondary N) is 1. The van der Waals surface area contributed by atoms with Crippen LogP contribution in [-0.2, 0) is 10.9 Å². The number of carbonyl (C=O) groups excluding carboxylic acids is 1. The minimum Gasteiger partial charge on any atom is -1.00 e. The van der Waals surface area contributed by atoms with E-state index in [0.717, 1.165) is 12.1 Å². The standard InChI is InChI=1S/C17H16F3N3O2.ClH/c18-17(19,20)12-3-1-4-13(11-12)22-16(24)14-5-2-6-21-15(14)23-7-9-25-10-8-23;/h1-6,11H,7-10H2,(H,22,24);1H/p-1. The van der Waals surface area contributed by atoms with Crippen LogP contribution in [0.2, 0.25) is 0 Å². The van der Waals surface area contributed by atoms with Crippen molar-refractivity contribution in [1.82, 2.24) is 4.98 Å². The average Bonchev–Trinajstić information content (AvgIpc) is 2.62. The first-order valence-electron chi connectivity index (χ1n) is 7.71. The molecule has 1 fully saturated rings. The molecule has 5 nitrogen and oxygen atoms in total. The molecule has 1 saturated heterocycles. The zero-order valence-corrected chi connectivity index (χ0v) is 14.3. The number of anilines is 2. The van der Waals surface area contributed by atoms with Crippen molar-refractivity contribution in [3.8, 4) is 0 Å². The van der Waals surface area contributed by atoms with Crippen molar-refractivity contribution in [3.05, 3.63) is 53.7 Å². The highest BCUT2D eigenvalue weighted by Crippen LogP contribution is 2.31. The van der Waals surface area contributed by atoms with Crippen LogP contribution in [0.3, 0.4) is 0 Å². The molecule has 1 aromatic carbocycles. The molecular weight excluding hydrogens is 371 g/mol. The second-order valence-corrected chi connectivity index (χ2v) is 5.51. The third-order valence-electron chi connectivity index (χ3n) is 3.79. The second-order valence-electron chi connectivity index (χ2n) is 5.51. The fraction of sp³-hybridized carbons (Fsp3) is 0.294. The summed E-state index contributed by atoms with van der Waals surface area (Å²) in [6.45, 7) is 2.26. The molecule has 2 aromatic rings. The maximum absolute atomic E-state index is 12.8. The highest BCUT2D eigenvalue weighted by molar-refractivity contribution is 6.07. The van der Waals surface area contributed by atoms with Crippen molar-refractivity contribution in [1.29, 1.82) is 0 Å². The van der Waals surface area contributed by atoms with E-state index in [1.165, 1.54) is 12.1 Å². The van der Waals surface area contributed by atoms with Gasteiger partial charge in [-0.1, -0.05) is 6.07 Å². The first kappa shape index (κ1) is 20.0. The number of carbonyl (C=O) groups is 1. The van der Waals surface area contributed by atoms with Crippen molar-refractivity contribution in [2.45, 2.75) is 6.18 Å². The Morgan fingerprint density at radius 2 is 1.88 bits per heavy atom. The molecule has 0 radical (unpaired) electrons. The van der Waals surface area contributed by atoms with E-state index in [2.05, 4.69) is 10.3 Å². The Bertz CT molecular complexity index is 765. The number of pyridine rings is 1. The Hall–Kier alpha value is -2.32. The quantitative estimate of drug-likeness (QED) is 0.818. The van der Waals surface area contributed by atoms with Crippen LogP contribution in [0.1, 0.15) is 15.9 Å². The summed E-state index contributed by atoms with van der Waals surface area (Å²) in [5, 5.41) is 2.51. The van der Waals surface area contributed by atoms with Crippen LogP contribution < -0.4 is 22.6 Å². The number of hydrogen-bond acceptors (Lipinski definition) is 4. The molecule has 140 valence electrons. The van der Waals surface area contributed by atoms with Gasteiger partial charge in [0.2, 0.25) is 0 Å². The van der Waals surface area contributed by atoms with Crippen molar-refractivity contribution >= 4 is 17.4 Å². The van der Waals surface area contributed by atoms with Gasteiger partial charge in [-0.3, -0.25) is 4.79 Å². The minimum atomic E-state index is -4.46. The molecule has 0 aliphatic carbocycles. The summed E-state index contributed by atoms with van der Waals surface area (Å²) in [6.07, 6.45) is -2.89. The SMILES string of the molecule is O=C(Nc1cccc(C(F)(F)F)c1)c1cccnc1N1CCOCC1.[Cl-]. The average molecular weight is 387 g/mol. The molecule has 0 saturated carbocycles.